The van der Waals surface area contributed by atoms with E-state index < -0.39 is 10.0 Å². The number of halogens is 1. The van der Waals surface area contributed by atoms with Crippen LogP contribution < -0.4 is 10.0 Å². The van der Waals surface area contributed by atoms with Gasteiger partial charge in [-0.1, -0.05) is 24.6 Å². The molecule has 10 heteroatoms. The van der Waals surface area contributed by atoms with Gasteiger partial charge in [0.15, 0.2) is 0 Å². The lowest BCUT2D eigenvalue weighted by atomic mass is 9.96. The first-order valence-electron chi connectivity index (χ1n) is 10.0. The Bertz CT molecular complexity index is 1070. The van der Waals surface area contributed by atoms with Crippen LogP contribution in [0.3, 0.4) is 0 Å². The molecule has 166 valence electrons. The quantitative estimate of drug-likeness (QED) is 0.683. The molecule has 0 aliphatic carbocycles. The molecule has 3 rings (SSSR count). The number of anilines is 1. The molecule has 1 fully saturated rings. The summed E-state index contributed by atoms with van der Waals surface area (Å²) in [5, 5.41) is 3.23. The van der Waals surface area contributed by atoms with Crippen LogP contribution in [0.15, 0.2) is 41.4 Å². The first-order valence-corrected chi connectivity index (χ1v) is 11.9. The average Bonchev–Trinajstić information content (AvgIpc) is 2.75. The Morgan fingerprint density at radius 2 is 2.03 bits per heavy atom. The number of amides is 2. The van der Waals surface area contributed by atoms with Crippen molar-refractivity contribution in [3.05, 3.63) is 52.7 Å². The van der Waals surface area contributed by atoms with Gasteiger partial charge < -0.3 is 10.2 Å². The minimum absolute atomic E-state index is 0.0448. The van der Waals surface area contributed by atoms with Crippen LogP contribution >= 0.6 is 11.6 Å². The number of rotatable bonds is 6. The van der Waals surface area contributed by atoms with Crippen LogP contribution in [-0.4, -0.2) is 49.8 Å². The molecule has 1 aliphatic rings. The topological polar surface area (TPSA) is 108 Å². The molecule has 1 atom stereocenters. The van der Waals surface area contributed by atoms with E-state index in [9.17, 15) is 18.0 Å². The number of hydrogen-bond acceptors (Lipinski definition) is 5. The molecule has 0 saturated carbocycles. The molecule has 2 amide bonds. The second-order valence-electron chi connectivity index (χ2n) is 7.42. The molecule has 1 aliphatic heterocycles. The van der Waals surface area contributed by atoms with Crippen LogP contribution in [0.4, 0.5) is 5.82 Å². The van der Waals surface area contributed by atoms with Gasteiger partial charge in [-0.2, -0.15) is 0 Å². The predicted octanol–water partition coefficient (Wildman–Crippen LogP) is 2.83. The third kappa shape index (κ3) is 5.61. The van der Waals surface area contributed by atoms with Crippen molar-refractivity contribution in [1.29, 1.82) is 0 Å². The minimum atomic E-state index is -3.68. The van der Waals surface area contributed by atoms with Gasteiger partial charge in [0, 0.05) is 31.4 Å². The molecule has 0 bridgehead atoms. The molecule has 1 unspecified atom stereocenters. The second-order valence-corrected chi connectivity index (χ2v) is 9.62. The van der Waals surface area contributed by atoms with Crippen LogP contribution in [0.2, 0.25) is 5.02 Å². The van der Waals surface area contributed by atoms with E-state index in [-0.39, 0.29) is 35.7 Å². The van der Waals surface area contributed by atoms with Gasteiger partial charge in [0.05, 0.1) is 15.8 Å². The maximum atomic E-state index is 13.2. The number of carbonyl (C=O) groups is 2. The molecule has 8 nitrogen and oxygen atoms in total. The lowest BCUT2D eigenvalue weighted by Crippen LogP contribution is -2.44. The van der Waals surface area contributed by atoms with E-state index in [0.717, 1.165) is 0 Å². The fourth-order valence-corrected chi connectivity index (χ4v) is 4.67. The normalized spacial score (nSPS) is 16.7. The summed E-state index contributed by atoms with van der Waals surface area (Å²) in [6.07, 6.45) is 2.77. The fraction of sp³-hybridized carbons (Fsp3) is 0.381. The van der Waals surface area contributed by atoms with E-state index >= 15 is 0 Å². The van der Waals surface area contributed by atoms with Gasteiger partial charge in [0.25, 0.3) is 5.91 Å². The Labute approximate surface area is 187 Å². The van der Waals surface area contributed by atoms with Gasteiger partial charge in [-0.05, 0) is 49.6 Å². The highest BCUT2D eigenvalue weighted by atomic mass is 35.5. The molecule has 2 N–H and O–H groups in total. The van der Waals surface area contributed by atoms with E-state index in [0.29, 0.717) is 41.4 Å². The Morgan fingerprint density at radius 3 is 2.71 bits per heavy atom. The van der Waals surface area contributed by atoms with Crippen molar-refractivity contribution >= 4 is 39.3 Å². The maximum absolute atomic E-state index is 13.2. The zero-order chi connectivity index (χ0) is 22.6. The van der Waals surface area contributed by atoms with Crippen molar-refractivity contribution in [2.75, 3.05) is 25.0 Å². The standard InChI is InChI=1S/C21H25ClN4O4S/c1-3-24-31(29,30)17-8-6-14(2)18(11-17)21(28)26-10-4-5-15(13-26)20(27)25-19-9-7-16(22)12-23-19/h6-9,11-12,15,24H,3-5,10,13H2,1-2H3,(H,23,25,27). The molecule has 0 radical (unpaired) electrons. The highest BCUT2D eigenvalue weighted by molar-refractivity contribution is 7.89. The Hall–Kier alpha value is -2.49. The molecular weight excluding hydrogens is 440 g/mol. The summed E-state index contributed by atoms with van der Waals surface area (Å²) in [4.78, 5) is 31.6. The van der Waals surface area contributed by atoms with Gasteiger partial charge >= 0.3 is 0 Å². The summed E-state index contributed by atoms with van der Waals surface area (Å²) in [5.41, 5.74) is 0.997. The number of pyridine rings is 1. The number of nitrogens with one attached hydrogen (secondary N) is 2. The van der Waals surface area contributed by atoms with E-state index in [2.05, 4.69) is 15.0 Å². The van der Waals surface area contributed by atoms with Crippen molar-refractivity contribution in [2.45, 2.75) is 31.6 Å². The second kappa shape index (κ2) is 9.76. The van der Waals surface area contributed by atoms with Crippen LogP contribution in [0.5, 0.6) is 0 Å². The SMILES string of the molecule is CCNS(=O)(=O)c1ccc(C)c(C(=O)N2CCCC(C(=O)Nc3ccc(Cl)cn3)C2)c1. The maximum Gasteiger partial charge on any atom is 0.254 e. The molecule has 1 saturated heterocycles. The number of benzene rings is 1. The number of carbonyl (C=O) groups excluding carboxylic acids is 2. The lowest BCUT2D eigenvalue weighted by molar-refractivity contribution is -0.121. The summed E-state index contributed by atoms with van der Waals surface area (Å²) < 4.78 is 27.1. The molecule has 1 aromatic carbocycles. The van der Waals surface area contributed by atoms with Crippen molar-refractivity contribution in [2.24, 2.45) is 5.92 Å². The molecule has 31 heavy (non-hydrogen) atoms. The summed E-state index contributed by atoms with van der Waals surface area (Å²) in [7, 11) is -3.68. The molecule has 2 heterocycles. The van der Waals surface area contributed by atoms with Crippen molar-refractivity contribution in [3.8, 4) is 0 Å². The molecule has 0 spiro atoms. The summed E-state index contributed by atoms with van der Waals surface area (Å²) in [6, 6.07) is 7.76. The van der Waals surface area contributed by atoms with Gasteiger partial charge in [-0.25, -0.2) is 18.1 Å². The van der Waals surface area contributed by atoms with E-state index in [4.69, 9.17) is 11.6 Å². The van der Waals surface area contributed by atoms with Gasteiger partial charge in [0.1, 0.15) is 5.82 Å². The minimum Gasteiger partial charge on any atom is -0.338 e. The fourth-order valence-electron chi connectivity index (χ4n) is 3.50. The van der Waals surface area contributed by atoms with Crippen molar-refractivity contribution < 1.29 is 18.0 Å². The van der Waals surface area contributed by atoms with Crippen LogP contribution in [0.1, 0.15) is 35.7 Å². The number of nitrogens with zero attached hydrogens (tertiary/aromatic N) is 2. The Kier molecular flexibility index (Phi) is 7.30. The van der Waals surface area contributed by atoms with Crippen molar-refractivity contribution in [1.82, 2.24) is 14.6 Å². The molecule has 2 aromatic rings. The van der Waals surface area contributed by atoms with Gasteiger partial charge in [-0.15, -0.1) is 0 Å². The highest BCUT2D eigenvalue weighted by Gasteiger charge is 2.30. The lowest BCUT2D eigenvalue weighted by Gasteiger charge is -2.32. The third-order valence-electron chi connectivity index (χ3n) is 5.14. The number of aryl methyl sites for hydroxylation is 1. The smallest absolute Gasteiger partial charge is 0.254 e. The van der Waals surface area contributed by atoms with E-state index in [1.54, 1.807) is 36.9 Å². The third-order valence-corrected chi connectivity index (χ3v) is 6.91. The van der Waals surface area contributed by atoms with E-state index in [1.165, 1.54) is 18.3 Å². The number of piperidine rings is 1. The van der Waals surface area contributed by atoms with Crippen LogP contribution in [-0.2, 0) is 14.8 Å². The molecule has 1 aromatic heterocycles. The monoisotopic (exact) mass is 464 g/mol. The molecular formula is C21H25ClN4O4S. The predicted molar refractivity (Wildman–Crippen MR) is 119 cm³/mol. The zero-order valence-corrected chi connectivity index (χ0v) is 19.0. The number of aromatic nitrogens is 1. The van der Waals surface area contributed by atoms with Crippen LogP contribution in [0.25, 0.3) is 0 Å². The highest BCUT2D eigenvalue weighted by Crippen LogP contribution is 2.23. The summed E-state index contributed by atoms with van der Waals surface area (Å²) in [5.74, 6) is -0.486. The number of sulfonamides is 1. The summed E-state index contributed by atoms with van der Waals surface area (Å²) in [6.45, 7) is 4.46. The summed E-state index contributed by atoms with van der Waals surface area (Å²) >= 11 is 5.82. The van der Waals surface area contributed by atoms with Gasteiger partial charge in [-0.3, -0.25) is 9.59 Å². The van der Waals surface area contributed by atoms with Gasteiger partial charge in [0.2, 0.25) is 15.9 Å². The average molecular weight is 465 g/mol. The first kappa shape index (κ1) is 23.2. The van der Waals surface area contributed by atoms with Crippen LogP contribution in [0, 0.1) is 12.8 Å². The van der Waals surface area contributed by atoms with E-state index in [1.807, 2.05) is 0 Å². The zero-order valence-electron chi connectivity index (χ0n) is 17.4. The number of likely N-dealkylation sites (tertiary alicyclic amines) is 1. The number of hydrogen-bond donors (Lipinski definition) is 2. The largest absolute Gasteiger partial charge is 0.338 e. The Morgan fingerprint density at radius 1 is 1.26 bits per heavy atom. The first-order chi connectivity index (χ1) is 14.7. The Balaban J connectivity index is 1.75. The van der Waals surface area contributed by atoms with Crippen molar-refractivity contribution in [3.63, 3.8) is 0 Å².